The average molecular weight is 282 g/mol. The highest BCUT2D eigenvalue weighted by atomic mass is 16.6. The second-order valence-corrected chi connectivity index (χ2v) is 6.65. The van der Waals surface area contributed by atoms with Gasteiger partial charge < -0.3 is 9.47 Å². The number of ether oxygens (including phenoxy) is 2. The Labute approximate surface area is 121 Å². The zero-order valence-electron chi connectivity index (χ0n) is 12.7. The van der Waals surface area contributed by atoms with Crippen molar-refractivity contribution in [3.8, 4) is 0 Å². The number of carbonyl (C=O) groups excluding carboxylic acids is 2. The van der Waals surface area contributed by atoms with Crippen molar-refractivity contribution in [2.24, 2.45) is 5.92 Å². The Morgan fingerprint density at radius 2 is 1.75 bits per heavy atom. The summed E-state index contributed by atoms with van der Waals surface area (Å²) in [6.07, 6.45) is 8.69. The summed E-state index contributed by atoms with van der Waals surface area (Å²) in [7, 11) is 0. The van der Waals surface area contributed by atoms with Crippen molar-refractivity contribution in [1.82, 2.24) is 0 Å². The van der Waals surface area contributed by atoms with Gasteiger partial charge in [0.2, 0.25) is 5.60 Å². The Morgan fingerprint density at radius 3 is 2.35 bits per heavy atom. The summed E-state index contributed by atoms with van der Waals surface area (Å²) in [4.78, 5) is 23.6. The third-order valence-electron chi connectivity index (χ3n) is 5.09. The molecule has 0 radical (unpaired) electrons. The van der Waals surface area contributed by atoms with Crippen molar-refractivity contribution < 1.29 is 19.1 Å². The van der Waals surface area contributed by atoms with E-state index in [9.17, 15) is 9.59 Å². The van der Waals surface area contributed by atoms with Gasteiger partial charge in [0.15, 0.2) is 0 Å². The Morgan fingerprint density at radius 1 is 1.10 bits per heavy atom. The molecule has 2 fully saturated rings. The summed E-state index contributed by atoms with van der Waals surface area (Å²) in [5.74, 6) is -0.303. The van der Waals surface area contributed by atoms with Crippen LogP contribution in [0.15, 0.2) is 0 Å². The number of hydrogen-bond acceptors (Lipinski definition) is 4. The molecule has 4 heteroatoms. The fourth-order valence-corrected chi connectivity index (χ4v) is 3.64. The third kappa shape index (κ3) is 2.99. The van der Waals surface area contributed by atoms with E-state index in [4.69, 9.17) is 9.47 Å². The van der Waals surface area contributed by atoms with Gasteiger partial charge >= 0.3 is 5.97 Å². The van der Waals surface area contributed by atoms with Gasteiger partial charge in [0.25, 0.3) is 6.47 Å². The van der Waals surface area contributed by atoms with Crippen molar-refractivity contribution in [3.63, 3.8) is 0 Å². The second kappa shape index (κ2) is 6.15. The summed E-state index contributed by atoms with van der Waals surface area (Å²) in [6.45, 7) is 4.39. The van der Waals surface area contributed by atoms with Crippen LogP contribution in [0.3, 0.4) is 0 Å². The summed E-state index contributed by atoms with van der Waals surface area (Å²) in [5.41, 5.74) is -1.44. The first-order valence-corrected chi connectivity index (χ1v) is 7.87. The molecule has 2 atom stereocenters. The van der Waals surface area contributed by atoms with Crippen LogP contribution in [0.25, 0.3) is 0 Å². The summed E-state index contributed by atoms with van der Waals surface area (Å²) >= 11 is 0. The Balaban J connectivity index is 2.12. The molecular weight excluding hydrogens is 256 g/mol. The smallest absolute Gasteiger partial charge is 0.351 e. The number of esters is 1. The van der Waals surface area contributed by atoms with Crippen molar-refractivity contribution in [2.75, 3.05) is 0 Å². The van der Waals surface area contributed by atoms with Crippen LogP contribution in [0, 0.1) is 5.92 Å². The van der Waals surface area contributed by atoms with Crippen LogP contribution in [0.1, 0.15) is 71.6 Å². The predicted octanol–water partition coefficient (Wildman–Crippen LogP) is 3.37. The molecule has 114 valence electrons. The zero-order valence-corrected chi connectivity index (χ0v) is 12.7. The van der Waals surface area contributed by atoms with Crippen LogP contribution in [0.5, 0.6) is 0 Å². The highest BCUT2D eigenvalue weighted by Gasteiger charge is 2.50. The molecule has 0 aromatic carbocycles. The minimum absolute atomic E-state index is 0.0288. The highest BCUT2D eigenvalue weighted by molar-refractivity contribution is 5.82. The molecule has 2 aliphatic rings. The largest absolute Gasteiger partial charge is 0.456 e. The molecule has 2 rings (SSSR count). The number of carbonyl (C=O) groups is 2. The van der Waals surface area contributed by atoms with Crippen LogP contribution < -0.4 is 0 Å². The lowest BCUT2D eigenvalue weighted by molar-refractivity contribution is -0.200. The van der Waals surface area contributed by atoms with Gasteiger partial charge in [0.1, 0.15) is 5.60 Å². The van der Waals surface area contributed by atoms with Crippen LogP contribution in [0.2, 0.25) is 0 Å². The number of hydrogen-bond donors (Lipinski definition) is 0. The van der Waals surface area contributed by atoms with Crippen molar-refractivity contribution in [2.45, 2.75) is 82.8 Å². The van der Waals surface area contributed by atoms with E-state index in [1.165, 1.54) is 6.42 Å². The molecule has 0 N–H and O–H groups in total. The van der Waals surface area contributed by atoms with E-state index in [-0.39, 0.29) is 17.5 Å². The third-order valence-corrected chi connectivity index (χ3v) is 5.09. The van der Waals surface area contributed by atoms with E-state index in [1.54, 1.807) is 0 Å². The van der Waals surface area contributed by atoms with Crippen molar-refractivity contribution in [1.29, 1.82) is 0 Å². The lowest BCUT2D eigenvalue weighted by Gasteiger charge is -2.42. The zero-order chi connectivity index (χ0) is 14.6. The van der Waals surface area contributed by atoms with Gasteiger partial charge in [-0.3, -0.25) is 4.79 Å². The van der Waals surface area contributed by atoms with Gasteiger partial charge in [-0.05, 0) is 51.9 Å². The topological polar surface area (TPSA) is 52.6 Å². The maximum absolute atomic E-state index is 12.7. The van der Waals surface area contributed by atoms with Gasteiger partial charge in [0, 0.05) is 5.92 Å². The summed E-state index contributed by atoms with van der Waals surface area (Å²) < 4.78 is 11.1. The Hall–Kier alpha value is -1.06. The lowest BCUT2D eigenvalue weighted by atomic mass is 9.76. The predicted molar refractivity (Wildman–Crippen MR) is 75.1 cm³/mol. The molecule has 2 unspecified atom stereocenters. The quantitative estimate of drug-likeness (QED) is 0.586. The van der Waals surface area contributed by atoms with Gasteiger partial charge in [-0.25, -0.2) is 4.79 Å². The molecule has 0 aliphatic heterocycles. The average Bonchev–Trinajstić information content (AvgIpc) is 2.42. The first kappa shape index (κ1) is 15.3. The first-order valence-electron chi connectivity index (χ1n) is 7.87. The normalized spacial score (nSPS) is 33.2. The molecule has 4 nitrogen and oxygen atoms in total. The fourth-order valence-electron chi connectivity index (χ4n) is 3.64. The van der Waals surface area contributed by atoms with Crippen LogP contribution in [-0.2, 0) is 19.1 Å². The minimum Gasteiger partial charge on any atom is -0.456 e. The van der Waals surface area contributed by atoms with Gasteiger partial charge in [0.05, 0.1) is 0 Å². The SMILES string of the molecule is CC1CCCCC1(OC=O)C(=O)OC1(C)CCCCC1. The van der Waals surface area contributed by atoms with E-state index in [0.717, 1.165) is 44.9 Å². The van der Waals surface area contributed by atoms with E-state index >= 15 is 0 Å². The molecule has 0 aromatic rings. The fraction of sp³-hybridized carbons (Fsp3) is 0.875. The van der Waals surface area contributed by atoms with Crippen LogP contribution in [0.4, 0.5) is 0 Å². The molecular formula is C16H26O4. The summed E-state index contributed by atoms with van der Waals surface area (Å²) in [5, 5.41) is 0. The van der Waals surface area contributed by atoms with Gasteiger partial charge in [-0.15, -0.1) is 0 Å². The molecule has 0 aromatic heterocycles. The second-order valence-electron chi connectivity index (χ2n) is 6.65. The van der Waals surface area contributed by atoms with Crippen molar-refractivity contribution in [3.05, 3.63) is 0 Å². The van der Waals surface area contributed by atoms with E-state index in [0.29, 0.717) is 12.9 Å². The van der Waals surface area contributed by atoms with E-state index in [1.807, 2.05) is 13.8 Å². The Bertz CT molecular complexity index is 359. The van der Waals surface area contributed by atoms with Gasteiger partial charge in [-0.2, -0.15) is 0 Å². The lowest BCUT2D eigenvalue weighted by Crippen LogP contribution is -2.52. The maximum Gasteiger partial charge on any atom is 0.351 e. The molecule has 0 spiro atoms. The number of rotatable bonds is 4. The van der Waals surface area contributed by atoms with E-state index < -0.39 is 5.60 Å². The molecule has 0 saturated heterocycles. The standard InChI is InChI=1S/C16H26O4/c1-13-8-4-7-11-16(13,19-12-17)14(18)20-15(2)9-5-3-6-10-15/h12-13H,3-11H2,1-2H3. The molecule has 0 heterocycles. The molecule has 0 bridgehead atoms. The summed E-state index contributed by atoms with van der Waals surface area (Å²) in [6, 6.07) is 0. The van der Waals surface area contributed by atoms with E-state index in [2.05, 4.69) is 0 Å². The molecule has 2 aliphatic carbocycles. The monoisotopic (exact) mass is 282 g/mol. The van der Waals surface area contributed by atoms with Crippen molar-refractivity contribution >= 4 is 12.4 Å². The van der Waals surface area contributed by atoms with Crippen LogP contribution in [-0.4, -0.2) is 23.6 Å². The van der Waals surface area contributed by atoms with Crippen LogP contribution >= 0.6 is 0 Å². The minimum atomic E-state index is -1.06. The maximum atomic E-state index is 12.7. The van der Waals surface area contributed by atoms with Gasteiger partial charge in [-0.1, -0.05) is 19.8 Å². The first-order chi connectivity index (χ1) is 9.52. The molecule has 2 saturated carbocycles. The Kier molecular flexibility index (Phi) is 4.71. The molecule has 0 amide bonds. The highest BCUT2D eigenvalue weighted by Crippen LogP contribution is 2.40. The molecule has 20 heavy (non-hydrogen) atoms.